The van der Waals surface area contributed by atoms with Gasteiger partial charge in [0.15, 0.2) is 16.5 Å². The van der Waals surface area contributed by atoms with E-state index in [0.717, 1.165) is 34.3 Å². The van der Waals surface area contributed by atoms with Crippen molar-refractivity contribution in [1.29, 1.82) is 0 Å². The number of rotatable bonds is 9. The van der Waals surface area contributed by atoms with Gasteiger partial charge in [-0.05, 0) is 54.0 Å². The highest BCUT2D eigenvalue weighted by Crippen LogP contribution is 2.36. The van der Waals surface area contributed by atoms with Gasteiger partial charge in [0.1, 0.15) is 19.0 Å². The summed E-state index contributed by atoms with van der Waals surface area (Å²) in [6.45, 7) is 4.40. The largest absolute Gasteiger partial charge is 0.493 e. The molecule has 0 aliphatic heterocycles. The maximum absolute atomic E-state index is 13.1. The Labute approximate surface area is 216 Å². The van der Waals surface area contributed by atoms with Crippen molar-refractivity contribution in [1.82, 2.24) is 9.38 Å². The van der Waals surface area contributed by atoms with Crippen LogP contribution in [-0.2, 0) is 6.42 Å². The van der Waals surface area contributed by atoms with Crippen molar-refractivity contribution in [2.75, 3.05) is 20.3 Å². The monoisotopic (exact) mass is 518 g/mol. The van der Waals surface area contributed by atoms with Crippen LogP contribution in [0.4, 0.5) is 0 Å². The fourth-order valence-corrected chi connectivity index (χ4v) is 5.25. The summed E-state index contributed by atoms with van der Waals surface area (Å²) in [6.07, 6.45) is 4.36. The molecular weight excluding hydrogens is 496 g/mol. The number of ether oxygens (including phenoxy) is 3. The molecular formula is C28H23ClN2O4S. The Kier molecular flexibility index (Phi) is 6.93. The molecule has 0 spiro atoms. The lowest BCUT2D eigenvalue weighted by Crippen LogP contribution is -2.22. The number of imidazole rings is 1. The van der Waals surface area contributed by atoms with Crippen LogP contribution in [0, 0.1) is 0 Å². The van der Waals surface area contributed by atoms with E-state index in [1.54, 1.807) is 29.7 Å². The standard InChI is InChI=1S/C28H23ClN2O4S/c1-3-8-19-9-4-7-12-23(19)34-13-14-35-26-20(29)15-18(16-24(26)33-2)17-25-27(32)31-22-11-6-5-10-21(22)30-28(31)36-25/h3-7,9-12,15-17H,1,8,13-14H2,2H3/b25-17-. The van der Waals surface area contributed by atoms with Crippen LogP contribution < -0.4 is 24.3 Å². The average Bonchev–Trinajstić information content (AvgIpc) is 3.39. The molecule has 0 radical (unpaired) electrons. The van der Waals surface area contributed by atoms with Gasteiger partial charge >= 0.3 is 0 Å². The Balaban J connectivity index is 1.36. The number of benzene rings is 3. The topological polar surface area (TPSA) is 62.1 Å². The third-order valence-electron chi connectivity index (χ3n) is 5.62. The van der Waals surface area contributed by atoms with Gasteiger partial charge in [-0.25, -0.2) is 9.38 Å². The minimum Gasteiger partial charge on any atom is -0.493 e. The van der Waals surface area contributed by atoms with E-state index < -0.39 is 0 Å². The summed E-state index contributed by atoms with van der Waals surface area (Å²) in [5.74, 6) is 1.70. The van der Waals surface area contributed by atoms with Crippen molar-refractivity contribution < 1.29 is 14.2 Å². The number of hydrogen-bond acceptors (Lipinski definition) is 6. The van der Waals surface area contributed by atoms with E-state index in [2.05, 4.69) is 11.6 Å². The minimum atomic E-state index is -0.118. The fraction of sp³-hybridized carbons (Fsp3) is 0.143. The van der Waals surface area contributed by atoms with Crippen LogP contribution in [-0.4, -0.2) is 29.7 Å². The van der Waals surface area contributed by atoms with Crippen LogP contribution in [0.2, 0.25) is 5.02 Å². The summed E-state index contributed by atoms with van der Waals surface area (Å²) in [7, 11) is 1.55. The van der Waals surface area contributed by atoms with Crippen molar-refractivity contribution in [3.05, 3.63) is 104 Å². The van der Waals surface area contributed by atoms with E-state index >= 15 is 0 Å². The van der Waals surface area contributed by atoms with E-state index in [-0.39, 0.29) is 12.2 Å². The first-order chi connectivity index (χ1) is 17.6. The number of hydrogen-bond donors (Lipinski definition) is 0. The Bertz CT molecular complexity index is 1670. The Hall–Kier alpha value is -3.81. The number of nitrogens with zero attached hydrogens (tertiary/aromatic N) is 2. The molecule has 0 unspecified atom stereocenters. The number of para-hydroxylation sites is 3. The van der Waals surface area contributed by atoms with Crippen molar-refractivity contribution in [2.45, 2.75) is 6.42 Å². The lowest BCUT2D eigenvalue weighted by Gasteiger charge is -2.14. The molecule has 182 valence electrons. The van der Waals surface area contributed by atoms with Crippen LogP contribution in [0.15, 0.2) is 78.1 Å². The number of aromatic nitrogens is 2. The number of fused-ring (bicyclic) bond motifs is 3. The second-order valence-electron chi connectivity index (χ2n) is 7.97. The predicted molar refractivity (Wildman–Crippen MR) is 145 cm³/mol. The first kappa shape index (κ1) is 23.9. The molecule has 0 aliphatic rings. The molecule has 3 aromatic carbocycles. The maximum Gasteiger partial charge on any atom is 0.274 e. The second kappa shape index (κ2) is 10.4. The van der Waals surface area contributed by atoms with Gasteiger partial charge in [0.05, 0.1) is 27.7 Å². The first-order valence-electron chi connectivity index (χ1n) is 11.3. The molecule has 5 aromatic rings. The second-order valence-corrected chi connectivity index (χ2v) is 9.38. The molecule has 0 bridgehead atoms. The van der Waals surface area contributed by atoms with Gasteiger partial charge in [-0.2, -0.15) is 0 Å². The lowest BCUT2D eigenvalue weighted by molar-refractivity contribution is 0.210. The fourth-order valence-electron chi connectivity index (χ4n) is 3.99. The molecule has 0 fully saturated rings. The summed E-state index contributed by atoms with van der Waals surface area (Å²) in [5.41, 5.74) is 3.27. The minimum absolute atomic E-state index is 0.118. The summed E-state index contributed by atoms with van der Waals surface area (Å²) >= 11 is 7.88. The molecule has 0 aliphatic carbocycles. The number of halogens is 1. The molecule has 0 saturated carbocycles. The molecule has 36 heavy (non-hydrogen) atoms. The Morgan fingerprint density at radius 1 is 1.06 bits per heavy atom. The van der Waals surface area contributed by atoms with Gasteiger partial charge in [0, 0.05) is 0 Å². The average molecular weight is 519 g/mol. The smallest absolute Gasteiger partial charge is 0.274 e. The van der Waals surface area contributed by atoms with E-state index in [9.17, 15) is 4.79 Å². The SMILES string of the molecule is C=CCc1ccccc1OCCOc1c(Cl)cc(/C=c2\sc3nc4ccccc4n3c2=O)cc1OC. The zero-order valence-electron chi connectivity index (χ0n) is 19.6. The normalized spacial score (nSPS) is 11.8. The Morgan fingerprint density at radius 3 is 2.67 bits per heavy atom. The van der Waals surface area contributed by atoms with E-state index in [4.69, 9.17) is 25.8 Å². The molecule has 5 rings (SSSR count). The number of allylic oxidation sites excluding steroid dienone is 1. The molecule has 0 N–H and O–H groups in total. The van der Waals surface area contributed by atoms with Crippen molar-refractivity contribution >= 4 is 45.0 Å². The van der Waals surface area contributed by atoms with E-state index in [1.165, 1.54) is 11.3 Å². The van der Waals surface area contributed by atoms with Gasteiger partial charge in [0.25, 0.3) is 5.56 Å². The first-order valence-corrected chi connectivity index (χ1v) is 12.5. The molecule has 6 nitrogen and oxygen atoms in total. The summed E-state index contributed by atoms with van der Waals surface area (Å²) in [6, 6.07) is 19.0. The van der Waals surface area contributed by atoms with Crippen molar-refractivity contribution in [3.8, 4) is 17.2 Å². The Morgan fingerprint density at radius 2 is 1.83 bits per heavy atom. The zero-order valence-corrected chi connectivity index (χ0v) is 21.1. The van der Waals surface area contributed by atoms with Gasteiger partial charge in [-0.15, -0.1) is 6.58 Å². The van der Waals surface area contributed by atoms with Gasteiger partial charge in [0.2, 0.25) is 0 Å². The third kappa shape index (κ3) is 4.67. The van der Waals surface area contributed by atoms with Crippen LogP contribution in [0.3, 0.4) is 0 Å². The number of methoxy groups -OCH3 is 1. The van der Waals surface area contributed by atoms with Crippen molar-refractivity contribution in [3.63, 3.8) is 0 Å². The summed E-state index contributed by atoms with van der Waals surface area (Å²) in [5, 5.41) is 0.381. The van der Waals surface area contributed by atoms with Crippen LogP contribution >= 0.6 is 22.9 Å². The molecule has 8 heteroatoms. The van der Waals surface area contributed by atoms with Crippen molar-refractivity contribution in [2.24, 2.45) is 0 Å². The van der Waals surface area contributed by atoms with Crippen LogP contribution in [0.5, 0.6) is 17.2 Å². The molecule has 2 aromatic heterocycles. The zero-order chi connectivity index (χ0) is 25.1. The van der Waals surface area contributed by atoms with Gasteiger partial charge in [-0.3, -0.25) is 4.79 Å². The predicted octanol–water partition coefficient (Wildman–Crippen LogP) is 5.31. The molecule has 0 saturated heterocycles. The molecule has 0 atom stereocenters. The van der Waals surface area contributed by atoms with Gasteiger partial charge in [-0.1, -0.05) is 59.3 Å². The number of thiazole rings is 1. The third-order valence-corrected chi connectivity index (χ3v) is 6.87. The quantitative estimate of drug-likeness (QED) is 0.195. The van der Waals surface area contributed by atoms with Crippen LogP contribution in [0.1, 0.15) is 11.1 Å². The van der Waals surface area contributed by atoms with Crippen LogP contribution in [0.25, 0.3) is 22.1 Å². The lowest BCUT2D eigenvalue weighted by atomic mass is 10.1. The van der Waals surface area contributed by atoms with E-state index in [1.807, 2.05) is 54.6 Å². The highest BCUT2D eigenvalue weighted by atomic mass is 35.5. The van der Waals surface area contributed by atoms with Gasteiger partial charge < -0.3 is 14.2 Å². The van der Waals surface area contributed by atoms with E-state index in [0.29, 0.717) is 32.6 Å². The highest BCUT2D eigenvalue weighted by molar-refractivity contribution is 7.15. The molecule has 0 amide bonds. The molecule has 2 heterocycles. The summed E-state index contributed by atoms with van der Waals surface area (Å²) < 4.78 is 19.5. The highest BCUT2D eigenvalue weighted by Gasteiger charge is 2.14. The summed E-state index contributed by atoms with van der Waals surface area (Å²) in [4.78, 5) is 18.3. The maximum atomic E-state index is 13.1.